The summed E-state index contributed by atoms with van der Waals surface area (Å²) in [7, 11) is 3.17. The van der Waals surface area contributed by atoms with Gasteiger partial charge in [-0.2, -0.15) is 0 Å². The van der Waals surface area contributed by atoms with Gasteiger partial charge in [0.05, 0.1) is 32.2 Å². The van der Waals surface area contributed by atoms with Crippen LogP contribution in [0.1, 0.15) is 66.9 Å². The molecule has 0 radical (unpaired) electrons. The van der Waals surface area contributed by atoms with Gasteiger partial charge in [-0.05, 0) is 59.9 Å². The molecular formula is C36H39ClN2O6. The third-order valence-electron chi connectivity index (χ3n) is 7.79. The van der Waals surface area contributed by atoms with E-state index in [0.717, 1.165) is 28.7 Å². The van der Waals surface area contributed by atoms with E-state index in [1.54, 1.807) is 38.6 Å². The number of methoxy groups -OCH3 is 2. The number of pyridine rings is 1. The highest BCUT2D eigenvalue weighted by molar-refractivity contribution is 6.31. The largest absolute Gasteiger partial charge is 0.496 e. The third-order valence-corrected chi connectivity index (χ3v) is 8.16. The number of ether oxygens (including phenoxy) is 2. The van der Waals surface area contributed by atoms with Crippen LogP contribution in [0.4, 0.5) is 0 Å². The minimum Gasteiger partial charge on any atom is -0.496 e. The van der Waals surface area contributed by atoms with Crippen molar-refractivity contribution in [1.29, 1.82) is 0 Å². The predicted octanol–water partition coefficient (Wildman–Crippen LogP) is 7.15. The Morgan fingerprint density at radius 3 is 2.22 bits per heavy atom. The molecule has 45 heavy (non-hydrogen) atoms. The van der Waals surface area contributed by atoms with Gasteiger partial charge in [0, 0.05) is 23.2 Å². The number of halogens is 1. The highest BCUT2D eigenvalue weighted by atomic mass is 35.5. The lowest BCUT2D eigenvalue weighted by Gasteiger charge is -2.25. The Balaban J connectivity index is 1.67. The summed E-state index contributed by atoms with van der Waals surface area (Å²) in [5.74, 6) is -0.209. The van der Waals surface area contributed by atoms with Crippen molar-refractivity contribution in [3.63, 3.8) is 0 Å². The lowest BCUT2D eigenvalue weighted by Crippen LogP contribution is -2.40. The van der Waals surface area contributed by atoms with Crippen molar-refractivity contribution in [1.82, 2.24) is 9.88 Å². The number of aromatic nitrogens is 1. The molecule has 2 N–H and O–H groups in total. The average molecular weight is 631 g/mol. The topological polar surface area (TPSA) is 107 Å². The van der Waals surface area contributed by atoms with Gasteiger partial charge in [0.15, 0.2) is 0 Å². The van der Waals surface area contributed by atoms with Crippen LogP contribution in [-0.2, 0) is 16.0 Å². The van der Waals surface area contributed by atoms with Crippen molar-refractivity contribution in [2.75, 3.05) is 14.2 Å². The van der Waals surface area contributed by atoms with Crippen molar-refractivity contribution in [2.45, 2.75) is 58.0 Å². The van der Waals surface area contributed by atoms with Gasteiger partial charge in [-0.1, -0.05) is 79.9 Å². The summed E-state index contributed by atoms with van der Waals surface area (Å²) in [4.78, 5) is 39.6. The molecule has 0 aliphatic carbocycles. The summed E-state index contributed by atoms with van der Waals surface area (Å²) in [6, 6.07) is 20.3. The third kappa shape index (κ3) is 8.13. The zero-order valence-electron chi connectivity index (χ0n) is 26.0. The summed E-state index contributed by atoms with van der Waals surface area (Å²) < 4.78 is 12.6. The number of hydrogen-bond acceptors (Lipinski definition) is 5. The molecule has 1 amide bonds. The molecular weight excluding hydrogens is 592 g/mol. The van der Waals surface area contributed by atoms with E-state index < -0.39 is 24.0 Å². The van der Waals surface area contributed by atoms with Crippen LogP contribution in [0.2, 0.25) is 5.02 Å². The number of unbranched alkanes of at least 4 members (excludes halogenated alkanes) is 1. The summed E-state index contributed by atoms with van der Waals surface area (Å²) in [6.45, 7) is 3.90. The Morgan fingerprint density at radius 2 is 1.62 bits per heavy atom. The van der Waals surface area contributed by atoms with Crippen molar-refractivity contribution in [3.05, 3.63) is 117 Å². The molecule has 0 unspecified atom stereocenters. The highest BCUT2D eigenvalue weighted by Crippen LogP contribution is 2.38. The molecule has 0 bridgehead atoms. The van der Waals surface area contributed by atoms with E-state index in [9.17, 15) is 19.5 Å². The molecule has 0 spiro atoms. The van der Waals surface area contributed by atoms with Crippen LogP contribution in [0.5, 0.6) is 11.5 Å². The molecule has 236 valence electrons. The maximum Gasteiger partial charge on any atom is 0.305 e. The molecule has 0 saturated carbocycles. The maximum absolute atomic E-state index is 13.9. The number of nitrogens with zero attached hydrogens (tertiary/aromatic N) is 1. The Labute approximate surface area is 268 Å². The first-order chi connectivity index (χ1) is 21.7. The molecule has 0 aliphatic heterocycles. The van der Waals surface area contributed by atoms with Crippen LogP contribution in [0.3, 0.4) is 0 Å². The summed E-state index contributed by atoms with van der Waals surface area (Å²) in [5, 5.41) is 13.3. The lowest BCUT2D eigenvalue weighted by atomic mass is 9.97. The standard InChI is InChI=1S/C36H39ClN2O6/c1-5-6-12-30(39-22-23(2)19-27(36(39)43)20-26-10-7-8-11-28(26)37)35(42)38-29(21-33(40)41)24-15-17-25(18-16-24)34-31(44-3)13-9-14-32(34)45-4/h7-11,13-19,22,29-30H,5-6,12,20-21H2,1-4H3,(H,38,42)(H,40,41)/t29-,30-/m0/s1. The fraction of sp³-hybridized carbons (Fsp3) is 0.306. The molecule has 1 heterocycles. The minimum absolute atomic E-state index is 0.276. The van der Waals surface area contributed by atoms with Crippen LogP contribution in [-0.4, -0.2) is 35.8 Å². The van der Waals surface area contributed by atoms with Gasteiger partial charge < -0.3 is 24.5 Å². The normalized spacial score (nSPS) is 12.3. The fourth-order valence-corrected chi connectivity index (χ4v) is 5.73. The van der Waals surface area contributed by atoms with Gasteiger partial charge in [0.2, 0.25) is 5.91 Å². The number of carbonyl (C=O) groups is 2. The van der Waals surface area contributed by atoms with E-state index in [1.165, 1.54) is 4.57 Å². The lowest BCUT2D eigenvalue weighted by molar-refractivity contribution is -0.138. The van der Waals surface area contributed by atoms with Crippen LogP contribution >= 0.6 is 11.6 Å². The number of hydrogen-bond donors (Lipinski definition) is 2. The maximum atomic E-state index is 13.9. The molecule has 3 aromatic carbocycles. The van der Waals surface area contributed by atoms with Crippen LogP contribution in [0.15, 0.2) is 83.8 Å². The SMILES string of the molecule is CCCC[C@@H](C(=O)N[C@@H](CC(=O)O)c1ccc(-c2c(OC)cccc2OC)cc1)n1cc(C)cc(Cc2ccccc2Cl)c1=O. The molecule has 8 nitrogen and oxygen atoms in total. The average Bonchev–Trinajstić information content (AvgIpc) is 3.03. The fourth-order valence-electron chi connectivity index (χ4n) is 5.53. The second-order valence-electron chi connectivity index (χ2n) is 11.0. The number of aliphatic carboxylic acids is 1. The molecule has 4 aromatic rings. The Kier molecular flexibility index (Phi) is 11.4. The van der Waals surface area contributed by atoms with Crippen molar-refractivity contribution in [3.8, 4) is 22.6 Å². The quantitative estimate of drug-likeness (QED) is 0.153. The number of carboxylic acids is 1. The number of amides is 1. The van der Waals surface area contributed by atoms with E-state index in [-0.39, 0.29) is 12.0 Å². The van der Waals surface area contributed by atoms with Gasteiger partial charge in [-0.15, -0.1) is 0 Å². The van der Waals surface area contributed by atoms with E-state index in [1.807, 2.05) is 68.4 Å². The predicted molar refractivity (Wildman–Crippen MR) is 176 cm³/mol. The number of carboxylic acid groups (broad SMARTS) is 1. The summed E-state index contributed by atoms with van der Waals surface area (Å²) >= 11 is 6.39. The minimum atomic E-state index is -1.06. The van der Waals surface area contributed by atoms with Gasteiger partial charge in [-0.3, -0.25) is 14.4 Å². The number of rotatable bonds is 14. The number of aryl methyl sites for hydroxylation is 1. The number of carbonyl (C=O) groups excluding carboxylic acids is 1. The molecule has 0 fully saturated rings. The van der Waals surface area contributed by atoms with Gasteiger partial charge in [0.25, 0.3) is 5.56 Å². The second kappa shape index (κ2) is 15.4. The molecule has 1 aromatic heterocycles. The first kappa shape index (κ1) is 33.3. The monoisotopic (exact) mass is 630 g/mol. The van der Waals surface area contributed by atoms with E-state index in [0.29, 0.717) is 46.9 Å². The Hall–Kier alpha value is -4.56. The Morgan fingerprint density at radius 1 is 0.956 bits per heavy atom. The number of benzene rings is 3. The molecule has 9 heteroatoms. The second-order valence-corrected chi connectivity index (χ2v) is 11.4. The van der Waals surface area contributed by atoms with E-state index >= 15 is 0 Å². The first-order valence-electron chi connectivity index (χ1n) is 14.9. The van der Waals surface area contributed by atoms with Crippen molar-refractivity contribution < 1.29 is 24.2 Å². The zero-order chi connectivity index (χ0) is 32.5. The first-order valence-corrected chi connectivity index (χ1v) is 15.3. The highest BCUT2D eigenvalue weighted by Gasteiger charge is 2.27. The van der Waals surface area contributed by atoms with Gasteiger partial charge >= 0.3 is 5.97 Å². The molecule has 0 aliphatic rings. The number of nitrogens with one attached hydrogen (secondary N) is 1. The summed E-state index contributed by atoms with van der Waals surface area (Å²) in [6.07, 6.45) is 3.64. The molecule has 4 rings (SSSR count). The van der Waals surface area contributed by atoms with E-state index in [4.69, 9.17) is 21.1 Å². The van der Waals surface area contributed by atoms with Crippen molar-refractivity contribution >= 4 is 23.5 Å². The summed E-state index contributed by atoms with van der Waals surface area (Å²) in [5.41, 5.74) is 4.09. The van der Waals surface area contributed by atoms with Crippen LogP contribution in [0.25, 0.3) is 11.1 Å². The molecule has 2 atom stereocenters. The zero-order valence-corrected chi connectivity index (χ0v) is 26.8. The van der Waals surface area contributed by atoms with Gasteiger partial charge in [-0.25, -0.2) is 0 Å². The smallest absolute Gasteiger partial charge is 0.305 e. The Bertz CT molecular complexity index is 1680. The van der Waals surface area contributed by atoms with E-state index in [2.05, 4.69) is 5.32 Å². The van der Waals surface area contributed by atoms with Gasteiger partial charge in [0.1, 0.15) is 17.5 Å². The van der Waals surface area contributed by atoms with Crippen LogP contribution < -0.4 is 20.3 Å². The van der Waals surface area contributed by atoms with Crippen molar-refractivity contribution in [2.24, 2.45) is 0 Å². The van der Waals surface area contributed by atoms with Crippen LogP contribution in [0, 0.1) is 6.92 Å². The molecule has 0 saturated heterocycles.